The first-order chi connectivity index (χ1) is 11.3. The van der Waals surface area contributed by atoms with Crippen molar-refractivity contribution in [3.8, 4) is 0 Å². The van der Waals surface area contributed by atoms with Crippen LogP contribution in [-0.4, -0.2) is 29.2 Å². The van der Waals surface area contributed by atoms with Gasteiger partial charge in [-0.3, -0.25) is 15.0 Å². The first-order valence-electron chi connectivity index (χ1n) is 8.91. The molecule has 0 radical (unpaired) electrons. The van der Waals surface area contributed by atoms with Crippen molar-refractivity contribution in [3.05, 3.63) is 35.3 Å². The lowest BCUT2D eigenvalue weighted by Crippen LogP contribution is -2.17. The summed E-state index contributed by atoms with van der Waals surface area (Å²) in [5.41, 5.74) is 7.53. The Balaban J connectivity index is 1.55. The topological polar surface area (TPSA) is 49.1 Å². The van der Waals surface area contributed by atoms with E-state index in [4.69, 9.17) is 15.0 Å². The molecule has 2 unspecified atom stereocenters. The first-order valence-corrected chi connectivity index (χ1v) is 8.91. The number of fused-ring (bicyclic) bond motifs is 6. The van der Waals surface area contributed by atoms with Crippen molar-refractivity contribution < 1.29 is 0 Å². The Bertz CT molecular complexity index is 732. The van der Waals surface area contributed by atoms with E-state index in [1.807, 2.05) is 0 Å². The SMILES string of the molecule is C1=C2CCC(=N2)/C=C2/CCC(=CC3=NC(CC3)C3CCC1=N3)N2. The van der Waals surface area contributed by atoms with Gasteiger partial charge in [0.1, 0.15) is 0 Å². The monoisotopic (exact) mass is 306 g/mol. The smallest absolute Gasteiger partial charge is 0.0730 e. The Morgan fingerprint density at radius 3 is 2.09 bits per heavy atom. The summed E-state index contributed by atoms with van der Waals surface area (Å²) in [6.45, 7) is 0. The molecular formula is C19H22N4. The Morgan fingerprint density at radius 1 is 0.696 bits per heavy atom. The number of allylic oxidation sites excluding steroid dienone is 6. The van der Waals surface area contributed by atoms with Crippen LogP contribution in [-0.2, 0) is 0 Å². The highest BCUT2D eigenvalue weighted by atomic mass is 15.0. The maximum atomic E-state index is 4.97. The number of hydrogen-bond acceptors (Lipinski definition) is 4. The van der Waals surface area contributed by atoms with E-state index in [1.54, 1.807) is 0 Å². The molecule has 0 aliphatic carbocycles. The van der Waals surface area contributed by atoms with E-state index in [0.717, 1.165) is 51.4 Å². The molecule has 0 saturated carbocycles. The molecule has 118 valence electrons. The molecule has 5 heterocycles. The van der Waals surface area contributed by atoms with Gasteiger partial charge in [-0.2, -0.15) is 0 Å². The third kappa shape index (κ3) is 2.60. The first kappa shape index (κ1) is 13.5. The van der Waals surface area contributed by atoms with Crippen LogP contribution in [0.25, 0.3) is 0 Å². The molecule has 4 nitrogen and oxygen atoms in total. The van der Waals surface area contributed by atoms with Crippen molar-refractivity contribution >= 4 is 17.1 Å². The normalized spacial score (nSPS) is 34.3. The molecule has 0 amide bonds. The molecule has 0 spiro atoms. The molecule has 5 rings (SSSR count). The molecule has 1 N–H and O–H groups in total. The fourth-order valence-electron chi connectivity index (χ4n) is 4.22. The summed E-state index contributed by atoms with van der Waals surface area (Å²) in [6.07, 6.45) is 15.6. The van der Waals surface area contributed by atoms with E-state index in [-0.39, 0.29) is 0 Å². The van der Waals surface area contributed by atoms with Gasteiger partial charge in [0.05, 0.1) is 12.1 Å². The van der Waals surface area contributed by atoms with Gasteiger partial charge in [0.15, 0.2) is 0 Å². The number of rotatable bonds is 0. The van der Waals surface area contributed by atoms with Crippen LogP contribution in [0.15, 0.2) is 50.3 Å². The van der Waals surface area contributed by atoms with E-state index in [1.165, 1.54) is 34.2 Å². The van der Waals surface area contributed by atoms with Gasteiger partial charge in [0.25, 0.3) is 0 Å². The van der Waals surface area contributed by atoms with Crippen LogP contribution in [0.2, 0.25) is 0 Å². The van der Waals surface area contributed by atoms with Crippen LogP contribution in [0.5, 0.6) is 0 Å². The van der Waals surface area contributed by atoms with Crippen molar-refractivity contribution in [2.75, 3.05) is 0 Å². The third-order valence-electron chi connectivity index (χ3n) is 5.42. The van der Waals surface area contributed by atoms with E-state index >= 15 is 0 Å². The van der Waals surface area contributed by atoms with E-state index in [2.05, 4.69) is 23.5 Å². The van der Waals surface area contributed by atoms with Crippen molar-refractivity contribution in [2.24, 2.45) is 15.0 Å². The lowest BCUT2D eigenvalue weighted by atomic mass is 10.0. The molecule has 0 aromatic carbocycles. The van der Waals surface area contributed by atoms with Gasteiger partial charge < -0.3 is 5.32 Å². The fraction of sp³-hybridized carbons (Fsp3) is 0.526. The largest absolute Gasteiger partial charge is 0.362 e. The van der Waals surface area contributed by atoms with E-state index in [9.17, 15) is 0 Å². The number of hydrogen-bond donors (Lipinski definition) is 1. The predicted molar refractivity (Wildman–Crippen MR) is 94.2 cm³/mol. The zero-order valence-corrected chi connectivity index (χ0v) is 13.4. The summed E-state index contributed by atoms with van der Waals surface area (Å²) < 4.78 is 0. The van der Waals surface area contributed by atoms with Crippen molar-refractivity contribution in [1.82, 2.24) is 5.32 Å². The van der Waals surface area contributed by atoms with Crippen LogP contribution in [0.4, 0.5) is 0 Å². The van der Waals surface area contributed by atoms with Gasteiger partial charge in [-0.1, -0.05) is 0 Å². The molecule has 2 atom stereocenters. The van der Waals surface area contributed by atoms with Crippen LogP contribution >= 0.6 is 0 Å². The summed E-state index contributed by atoms with van der Waals surface area (Å²) >= 11 is 0. The summed E-state index contributed by atoms with van der Waals surface area (Å²) in [5, 5.41) is 3.57. The fourth-order valence-corrected chi connectivity index (χ4v) is 4.22. The molecule has 0 aromatic heterocycles. The summed E-state index contributed by atoms with van der Waals surface area (Å²) in [7, 11) is 0. The molecule has 5 aliphatic heterocycles. The third-order valence-corrected chi connectivity index (χ3v) is 5.42. The number of nitrogens with one attached hydrogen (secondary N) is 1. The van der Waals surface area contributed by atoms with E-state index < -0.39 is 0 Å². The average molecular weight is 306 g/mol. The van der Waals surface area contributed by atoms with Gasteiger partial charge in [0, 0.05) is 34.2 Å². The highest BCUT2D eigenvalue weighted by molar-refractivity contribution is 6.01. The van der Waals surface area contributed by atoms with Crippen molar-refractivity contribution in [2.45, 2.75) is 63.5 Å². The summed E-state index contributed by atoms with van der Waals surface area (Å²) in [4.78, 5) is 14.7. The van der Waals surface area contributed by atoms with Gasteiger partial charge in [-0.25, -0.2) is 0 Å². The summed E-state index contributed by atoms with van der Waals surface area (Å²) in [6, 6.07) is 0.778. The minimum absolute atomic E-state index is 0.387. The predicted octanol–water partition coefficient (Wildman–Crippen LogP) is 3.48. The molecule has 1 fully saturated rings. The number of nitrogens with zero attached hydrogens (tertiary/aromatic N) is 3. The highest BCUT2D eigenvalue weighted by Gasteiger charge is 2.29. The minimum Gasteiger partial charge on any atom is -0.362 e. The average Bonchev–Trinajstić information content (AvgIpc) is 3.28. The van der Waals surface area contributed by atoms with Crippen LogP contribution < -0.4 is 5.32 Å². The van der Waals surface area contributed by atoms with Gasteiger partial charge >= 0.3 is 0 Å². The maximum absolute atomic E-state index is 4.97. The maximum Gasteiger partial charge on any atom is 0.0730 e. The molecule has 23 heavy (non-hydrogen) atoms. The van der Waals surface area contributed by atoms with Crippen LogP contribution in [0.1, 0.15) is 51.4 Å². The second kappa shape index (κ2) is 5.29. The Kier molecular flexibility index (Phi) is 3.10. The number of aliphatic imine (C=N–C) groups is 3. The second-order valence-corrected chi connectivity index (χ2v) is 7.16. The lowest BCUT2D eigenvalue weighted by Gasteiger charge is -2.11. The minimum atomic E-state index is 0.387. The van der Waals surface area contributed by atoms with Crippen molar-refractivity contribution in [3.63, 3.8) is 0 Å². The second-order valence-electron chi connectivity index (χ2n) is 7.16. The Labute approximate surface area is 136 Å². The van der Waals surface area contributed by atoms with Crippen LogP contribution in [0, 0.1) is 0 Å². The standard InChI is InChI=1S/C19H22N4/c1-3-14-10-16-5-7-18(22-16)19-8-6-17(23-19)11-15-4-2-13(21-15)9-12(1)20-14/h9-11,18-20H,1-8H2/b12-9-,14-10?,15-11?. The zero-order valence-electron chi connectivity index (χ0n) is 13.4. The van der Waals surface area contributed by atoms with Gasteiger partial charge in [-0.15, -0.1) is 0 Å². The molecule has 8 bridgehead atoms. The van der Waals surface area contributed by atoms with Gasteiger partial charge in [0.2, 0.25) is 0 Å². The van der Waals surface area contributed by atoms with Gasteiger partial charge in [-0.05, 0) is 69.6 Å². The quantitative estimate of drug-likeness (QED) is 0.732. The lowest BCUT2D eigenvalue weighted by molar-refractivity contribution is 0.527. The molecular weight excluding hydrogens is 284 g/mol. The Hall–Kier alpha value is -1.97. The summed E-state index contributed by atoms with van der Waals surface area (Å²) in [5.74, 6) is 0. The molecule has 4 heteroatoms. The zero-order chi connectivity index (χ0) is 15.2. The molecule has 0 aromatic rings. The molecule has 1 saturated heterocycles. The van der Waals surface area contributed by atoms with E-state index in [0.29, 0.717) is 12.1 Å². The van der Waals surface area contributed by atoms with Crippen molar-refractivity contribution in [1.29, 1.82) is 0 Å². The highest BCUT2D eigenvalue weighted by Crippen LogP contribution is 2.30. The Morgan fingerprint density at radius 2 is 1.35 bits per heavy atom. The molecule has 5 aliphatic rings. The van der Waals surface area contributed by atoms with Crippen LogP contribution in [0.3, 0.4) is 0 Å².